The maximum atomic E-state index is 10.1. The molecule has 1 aromatic rings. The Morgan fingerprint density at radius 2 is 2.13 bits per heavy atom. The molecule has 0 saturated carbocycles. The zero-order valence-electron chi connectivity index (χ0n) is 8.94. The maximum absolute atomic E-state index is 10.1. The highest BCUT2D eigenvalue weighted by Gasteiger charge is 2.23. The van der Waals surface area contributed by atoms with Gasteiger partial charge in [0.1, 0.15) is 6.10 Å². The maximum Gasteiger partial charge on any atom is 0.106 e. The summed E-state index contributed by atoms with van der Waals surface area (Å²) in [6.07, 6.45) is -0.653. The van der Waals surface area contributed by atoms with E-state index < -0.39 is 6.10 Å². The van der Waals surface area contributed by atoms with Gasteiger partial charge in [-0.25, -0.2) is 0 Å². The lowest BCUT2D eigenvalue weighted by atomic mass is 10.0. The average molecular weight is 207 g/mol. The first-order chi connectivity index (χ1) is 7.27. The van der Waals surface area contributed by atoms with E-state index in [2.05, 4.69) is 5.32 Å². The molecule has 15 heavy (non-hydrogen) atoms. The minimum absolute atomic E-state index is 0.124. The van der Waals surface area contributed by atoms with Gasteiger partial charge < -0.3 is 15.2 Å². The summed E-state index contributed by atoms with van der Waals surface area (Å²) >= 11 is 0. The number of benzene rings is 1. The van der Waals surface area contributed by atoms with E-state index in [4.69, 9.17) is 4.74 Å². The summed E-state index contributed by atoms with van der Waals surface area (Å²) in [5.41, 5.74) is 2.13. The van der Waals surface area contributed by atoms with Gasteiger partial charge >= 0.3 is 0 Å². The number of morpholine rings is 1. The number of aryl methyl sites for hydroxylation is 1. The molecule has 2 N–H and O–H groups in total. The smallest absolute Gasteiger partial charge is 0.106 e. The summed E-state index contributed by atoms with van der Waals surface area (Å²) in [6.45, 7) is 4.30. The Morgan fingerprint density at radius 1 is 1.40 bits per heavy atom. The second-order valence-electron chi connectivity index (χ2n) is 3.97. The lowest BCUT2D eigenvalue weighted by Crippen LogP contribution is -2.41. The van der Waals surface area contributed by atoms with E-state index in [9.17, 15) is 5.11 Å². The zero-order valence-corrected chi connectivity index (χ0v) is 8.94. The normalized spacial score (nSPS) is 23.7. The molecule has 1 aliphatic heterocycles. The number of nitrogens with one attached hydrogen (secondary N) is 1. The van der Waals surface area contributed by atoms with Crippen molar-refractivity contribution in [1.29, 1.82) is 0 Å². The van der Waals surface area contributed by atoms with Gasteiger partial charge in [0, 0.05) is 13.1 Å². The van der Waals surface area contributed by atoms with Crippen LogP contribution in [0.2, 0.25) is 0 Å². The largest absolute Gasteiger partial charge is 0.386 e. The molecule has 0 aliphatic carbocycles. The first kappa shape index (κ1) is 10.6. The molecule has 0 spiro atoms. The van der Waals surface area contributed by atoms with Gasteiger partial charge in [-0.2, -0.15) is 0 Å². The van der Waals surface area contributed by atoms with Crippen molar-refractivity contribution in [3.8, 4) is 0 Å². The Labute approximate surface area is 90.1 Å². The molecule has 1 aliphatic rings. The number of hydrogen-bond donors (Lipinski definition) is 2. The molecule has 0 amide bonds. The van der Waals surface area contributed by atoms with Crippen LogP contribution in [0.15, 0.2) is 24.3 Å². The Bertz CT molecular complexity index is 304. The molecular weight excluding hydrogens is 190 g/mol. The highest BCUT2D eigenvalue weighted by atomic mass is 16.5. The Kier molecular flexibility index (Phi) is 3.36. The van der Waals surface area contributed by atoms with Crippen LogP contribution in [-0.4, -0.2) is 30.9 Å². The third kappa shape index (κ3) is 2.56. The fourth-order valence-corrected chi connectivity index (χ4v) is 1.77. The molecule has 82 valence electrons. The van der Waals surface area contributed by atoms with Gasteiger partial charge in [0.05, 0.1) is 12.7 Å². The van der Waals surface area contributed by atoms with E-state index in [0.29, 0.717) is 6.61 Å². The molecule has 3 heteroatoms. The molecule has 0 bridgehead atoms. The van der Waals surface area contributed by atoms with Gasteiger partial charge in [-0.05, 0) is 12.5 Å². The topological polar surface area (TPSA) is 41.5 Å². The van der Waals surface area contributed by atoms with Gasteiger partial charge in [-0.3, -0.25) is 0 Å². The molecule has 1 fully saturated rings. The standard InChI is InChI=1S/C12H17NO2/c1-9-2-4-10(5-3-9)12(14)11-8-13-6-7-15-11/h2-5,11-14H,6-8H2,1H3. The molecule has 0 aromatic heterocycles. The summed E-state index contributed by atoms with van der Waals surface area (Å²) in [6, 6.07) is 7.93. The van der Waals surface area contributed by atoms with Crippen LogP contribution in [0.5, 0.6) is 0 Å². The lowest BCUT2D eigenvalue weighted by molar-refractivity contribution is -0.0536. The van der Waals surface area contributed by atoms with Crippen LogP contribution in [0, 0.1) is 6.92 Å². The fourth-order valence-electron chi connectivity index (χ4n) is 1.77. The van der Waals surface area contributed by atoms with Crippen molar-refractivity contribution < 1.29 is 9.84 Å². The van der Waals surface area contributed by atoms with Crippen LogP contribution in [0.4, 0.5) is 0 Å². The SMILES string of the molecule is Cc1ccc(C(O)C2CNCCO2)cc1. The quantitative estimate of drug-likeness (QED) is 0.760. The monoisotopic (exact) mass is 207 g/mol. The van der Waals surface area contributed by atoms with Crippen LogP contribution >= 0.6 is 0 Å². The first-order valence-electron chi connectivity index (χ1n) is 5.34. The fraction of sp³-hybridized carbons (Fsp3) is 0.500. The van der Waals surface area contributed by atoms with Crippen molar-refractivity contribution in [2.75, 3.05) is 19.7 Å². The predicted octanol–water partition coefficient (Wildman–Crippen LogP) is 1.02. The molecule has 3 nitrogen and oxygen atoms in total. The molecule has 1 saturated heterocycles. The molecule has 2 unspecified atom stereocenters. The Hall–Kier alpha value is -0.900. The Morgan fingerprint density at radius 3 is 2.73 bits per heavy atom. The van der Waals surface area contributed by atoms with Crippen LogP contribution in [-0.2, 0) is 4.74 Å². The van der Waals surface area contributed by atoms with Gasteiger partial charge in [-0.1, -0.05) is 29.8 Å². The predicted molar refractivity (Wildman–Crippen MR) is 58.7 cm³/mol. The second kappa shape index (κ2) is 4.75. The summed E-state index contributed by atoms with van der Waals surface area (Å²) in [7, 11) is 0. The van der Waals surface area contributed by atoms with Crippen LogP contribution < -0.4 is 5.32 Å². The summed E-state index contributed by atoms with van der Waals surface area (Å²) < 4.78 is 5.51. The summed E-state index contributed by atoms with van der Waals surface area (Å²) in [5.74, 6) is 0. The van der Waals surface area contributed by atoms with Crippen molar-refractivity contribution in [3.05, 3.63) is 35.4 Å². The second-order valence-corrected chi connectivity index (χ2v) is 3.97. The zero-order chi connectivity index (χ0) is 10.7. The highest BCUT2D eigenvalue weighted by molar-refractivity contribution is 5.23. The minimum atomic E-state index is -0.529. The molecule has 2 atom stereocenters. The summed E-state index contributed by atoms with van der Waals surface area (Å²) in [5, 5.41) is 13.3. The highest BCUT2D eigenvalue weighted by Crippen LogP contribution is 2.20. The van der Waals surface area contributed by atoms with Crippen LogP contribution in [0.25, 0.3) is 0 Å². The van der Waals surface area contributed by atoms with Gasteiger partial charge in [-0.15, -0.1) is 0 Å². The van der Waals surface area contributed by atoms with Crippen molar-refractivity contribution in [2.45, 2.75) is 19.1 Å². The van der Waals surface area contributed by atoms with Crippen LogP contribution in [0.3, 0.4) is 0 Å². The Balaban J connectivity index is 2.05. The third-order valence-corrected chi connectivity index (χ3v) is 2.73. The molecule has 1 aromatic carbocycles. The van der Waals surface area contributed by atoms with Gasteiger partial charge in [0.25, 0.3) is 0 Å². The van der Waals surface area contributed by atoms with Crippen molar-refractivity contribution >= 4 is 0 Å². The molecule has 2 rings (SSSR count). The number of rotatable bonds is 2. The van der Waals surface area contributed by atoms with Crippen molar-refractivity contribution in [2.24, 2.45) is 0 Å². The van der Waals surface area contributed by atoms with E-state index >= 15 is 0 Å². The molecular formula is C12H17NO2. The third-order valence-electron chi connectivity index (χ3n) is 2.73. The van der Waals surface area contributed by atoms with E-state index in [1.54, 1.807) is 0 Å². The van der Waals surface area contributed by atoms with Gasteiger partial charge in [0.2, 0.25) is 0 Å². The number of aliphatic hydroxyl groups is 1. The van der Waals surface area contributed by atoms with Crippen molar-refractivity contribution in [3.63, 3.8) is 0 Å². The van der Waals surface area contributed by atoms with Crippen LogP contribution in [0.1, 0.15) is 17.2 Å². The minimum Gasteiger partial charge on any atom is -0.386 e. The van der Waals surface area contributed by atoms with Crippen molar-refractivity contribution in [1.82, 2.24) is 5.32 Å². The van der Waals surface area contributed by atoms with E-state index in [0.717, 1.165) is 18.7 Å². The number of aliphatic hydroxyl groups excluding tert-OH is 1. The number of ether oxygens (including phenoxy) is 1. The van der Waals surface area contributed by atoms with E-state index in [-0.39, 0.29) is 6.10 Å². The summed E-state index contributed by atoms with van der Waals surface area (Å²) in [4.78, 5) is 0. The van der Waals surface area contributed by atoms with E-state index in [1.165, 1.54) is 5.56 Å². The molecule has 0 radical (unpaired) electrons. The first-order valence-corrected chi connectivity index (χ1v) is 5.34. The molecule has 1 heterocycles. The number of hydrogen-bond acceptors (Lipinski definition) is 3. The lowest BCUT2D eigenvalue weighted by Gasteiger charge is -2.28. The average Bonchev–Trinajstić information content (AvgIpc) is 2.30. The van der Waals surface area contributed by atoms with Gasteiger partial charge in [0.15, 0.2) is 0 Å². The van der Waals surface area contributed by atoms with E-state index in [1.807, 2.05) is 31.2 Å².